The van der Waals surface area contributed by atoms with E-state index in [1.54, 1.807) is 6.92 Å². The molecule has 0 aliphatic rings. The zero-order chi connectivity index (χ0) is 13.6. The van der Waals surface area contributed by atoms with Gasteiger partial charge in [-0.1, -0.05) is 13.3 Å². The van der Waals surface area contributed by atoms with Crippen LogP contribution >= 0.6 is 0 Å². The van der Waals surface area contributed by atoms with E-state index in [0.717, 1.165) is 12.8 Å². The van der Waals surface area contributed by atoms with Gasteiger partial charge in [-0.05, 0) is 13.3 Å². The Kier molecular flexibility index (Phi) is 5.18. The van der Waals surface area contributed by atoms with Gasteiger partial charge in [-0.15, -0.1) is 0 Å². The lowest BCUT2D eigenvalue weighted by molar-refractivity contribution is -0.145. The highest BCUT2D eigenvalue weighted by Crippen LogP contribution is 2.28. The van der Waals surface area contributed by atoms with Crippen LogP contribution in [0.1, 0.15) is 32.5 Å². The van der Waals surface area contributed by atoms with Crippen LogP contribution in [0.5, 0.6) is 5.88 Å². The molecule has 0 aliphatic carbocycles. The Bertz CT molecular complexity index is 382. The fourth-order valence-corrected chi connectivity index (χ4v) is 1.22. The standard InChI is InChI=1S/C11H16F3N3O/c1-3-5-6-18-9-7-8(15-4-2)16-10(17-9)11(12,13)14/h7H,3-6H2,1-2H3,(H,15,16,17). The van der Waals surface area contributed by atoms with Crippen LogP contribution in [0.2, 0.25) is 0 Å². The van der Waals surface area contributed by atoms with Gasteiger partial charge in [0.25, 0.3) is 0 Å². The average molecular weight is 263 g/mol. The number of unbranched alkanes of at least 4 members (excludes halogenated alkanes) is 1. The van der Waals surface area contributed by atoms with Gasteiger partial charge in [0.2, 0.25) is 11.7 Å². The van der Waals surface area contributed by atoms with E-state index in [0.29, 0.717) is 13.2 Å². The molecule has 0 saturated heterocycles. The quantitative estimate of drug-likeness (QED) is 0.801. The van der Waals surface area contributed by atoms with Gasteiger partial charge >= 0.3 is 6.18 Å². The first-order valence-electron chi connectivity index (χ1n) is 5.80. The molecular weight excluding hydrogens is 247 g/mol. The van der Waals surface area contributed by atoms with E-state index in [4.69, 9.17) is 4.74 Å². The van der Waals surface area contributed by atoms with Gasteiger partial charge < -0.3 is 10.1 Å². The van der Waals surface area contributed by atoms with Crippen LogP contribution in [-0.2, 0) is 6.18 Å². The third-order valence-corrected chi connectivity index (χ3v) is 2.06. The molecule has 102 valence electrons. The van der Waals surface area contributed by atoms with Crippen LogP contribution in [0, 0.1) is 0 Å². The topological polar surface area (TPSA) is 47.0 Å². The van der Waals surface area contributed by atoms with Gasteiger partial charge in [0, 0.05) is 12.6 Å². The highest BCUT2D eigenvalue weighted by Gasteiger charge is 2.35. The van der Waals surface area contributed by atoms with E-state index < -0.39 is 12.0 Å². The SMILES string of the molecule is CCCCOc1cc(NCC)nc(C(F)(F)F)n1. The number of ether oxygens (including phenoxy) is 1. The fraction of sp³-hybridized carbons (Fsp3) is 0.636. The van der Waals surface area contributed by atoms with Crippen molar-refractivity contribution < 1.29 is 17.9 Å². The molecule has 0 unspecified atom stereocenters. The normalized spacial score (nSPS) is 11.4. The van der Waals surface area contributed by atoms with E-state index in [1.165, 1.54) is 6.07 Å². The largest absolute Gasteiger partial charge is 0.478 e. The number of hydrogen-bond donors (Lipinski definition) is 1. The average Bonchev–Trinajstić information content (AvgIpc) is 2.28. The Morgan fingerprint density at radius 3 is 2.56 bits per heavy atom. The van der Waals surface area contributed by atoms with Crippen molar-refractivity contribution in [3.05, 3.63) is 11.9 Å². The summed E-state index contributed by atoms with van der Waals surface area (Å²) in [6.07, 6.45) is -2.91. The van der Waals surface area contributed by atoms with Gasteiger partial charge in [0.1, 0.15) is 5.82 Å². The van der Waals surface area contributed by atoms with Gasteiger partial charge in [-0.3, -0.25) is 0 Å². The molecule has 0 radical (unpaired) electrons. The molecule has 1 aromatic rings. The van der Waals surface area contributed by atoms with Crippen molar-refractivity contribution in [3.8, 4) is 5.88 Å². The molecule has 1 aromatic heterocycles. The zero-order valence-electron chi connectivity index (χ0n) is 10.3. The summed E-state index contributed by atoms with van der Waals surface area (Å²) >= 11 is 0. The monoisotopic (exact) mass is 263 g/mol. The van der Waals surface area contributed by atoms with E-state index in [2.05, 4.69) is 15.3 Å². The maximum Gasteiger partial charge on any atom is 0.451 e. The molecule has 18 heavy (non-hydrogen) atoms. The second kappa shape index (κ2) is 6.42. The highest BCUT2D eigenvalue weighted by molar-refractivity contribution is 5.38. The van der Waals surface area contributed by atoms with Gasteiger partial charge in [-0.25, -0.2) is 4.98 Å². The molecule has 0 atom stereocenters. The van der Waals surface area contributed by atoms with E-state index in [-0.39, 0.29) is 11.7 Å². The lowest BCUT2D eigenvalue weighted by atomic mass is 10.4. The van der Waals surface area contributed by atoms with E-state index in [1.807, 2.05) is 6.92 Å². The number of hydrogen-bond acceptors (Lipinski definition) is 4. The Hall–Kier alpha value is -1.53. The van der Waals surface area contributed by atoms with Crippen LogP contribution in [-0.4, -0.2) is 23.1 Å². The number of anilines is 1. The predicted molar refractivity (Wildman–Crippen MR) is 61.6 cm³/mol. The third-order valence-electron chi connectivity index (χ3n) is 2.06. The molecule has 1 rings (SSSR count). The van der Waals surface area contributed by atoms with E-state index in [9.17, 15) is 13.2 Å². The summed E-state index contributed by atoms with van der Waals surface area (Å²) in [6, 6.07) is 1.37. The number of nitrogens with zero attached hydrogens (tertiary/aromatic N) is 2. The van der Waals surface area contributed by atoms with Crippen molar-refractivity contribution in [3.63, 3.8) is 0 Å². The van der Waals surface area contributed by atoms with Gasteiger partial charge in [-0.2, -0.15) is 18.2 Å². The highest BCUT2D eigenvalue weighted by atomic mass is 19.4. The van der Waals surface area contributed by atoms with Crippen molar-refractivity contribution in [2.75, 3.05) is 18.5 Å². The van der Waals surface area contributed by atoms with Crippen LogP contribution in [0.25, 0.3) is 0 Å². The summed E-state index contributed by atoms with van der Waals surface area (Å²) in [4.78, 5) is 6.76. The Morgan fingerprint density at radius 1 is 1.28 bits per heavy atom. The first-order chi connectivity index (χ1) is 8.47. The molecule has 0 bridgehead atoms. The van der Waals surface area contributed by atoms with Crippen LogP contribution in [0.15, 0.2) is 6.07 Å². The molecule has 0 aliphatic heterocycles. The first kappa shape index (κ1) is 14.5. The summed E-state index contributed by atoms with van der Waals surface area (Å²) in [7, 11) is 0. The molecule has 0 aromatic carbocycles. The molecule has 0 fully saturated rings. The summed E-state index contributed by atoms with van der Waals surface area (Å²) in [5.74, 6) is -1.12. The maximum atomic E-state index is 12.6. The Labute approximate surface area is 104 Å². The summed E-state index contributed by atoms with van der Waals surface area (Å²) < 4.78 is 42.9. The first-order valence-corrected chi connectivity index (χ1v) is 5.80. The number of alkyl halides is 3. The second-order valence-electron chi connectivity index (χ2n) is 3.65. The lowest BCUT2D eigenvalue weighted by Crippen LogP contribution is -2.14. The molecule has 4 nitrogen and oxygen atoms in total. The number of rotatable bonds is 6. The molecule has 1 N–H and O–H groups in total. The molecule has 0 amide bonds. The van der Waals surface area contributed by atoms with Crippen molar-refractivity contribution in [1.82, 2.24) is 9.97 Å². The number of nitrogens with one attached hydrogen (secondary N) is 1. The van der Waals surface area contributed by atoms with Crippen LogP contribution in [0.3, 0.4) is 0 Å². The van der Waals surface area contributed by atoms with Gasteiger partial charge in [0.15, 0.2) is 0 Å². The summed E-state index contributed by atoms with van der Waals surface area (Å²) in [5.41, 5.74) is 0. The summed E-state index contributed by atoms with van der Waals surface area (Å²) in [6.45, 7) is 4.56. The van der Waals surface area contributed by atoms with Crippen molar-refractivity contribution in [2.24, 2.45) is 0 Å². The number of halogens is 3. The smallest absolute Gasteiger partial charge is 0.451 e. The second-order valence-corrected chi connectivity index (χ2v) is 3.65. The fourth-order valence-electron chi connectivity index (χ4n) is 1.22. The number of aromatic nitrogens is 2. The third kappa shape index (κ3) is 4.38. The predicted octanol–water partition coefficient (Wildman–Crippen LogP) is 3.11. The maximum absolute atomic E-state index is 12.6. The Morgan fingerprint density at radius 2 is 2.00 bits per heavy atom. The van der Waals surface area contributed by atoms with E-state index >= 15 is 0 Å². The van der Waals surface area contributed by atoms with Crippen LogP contribution < -0.4 is 10.1 Å². The Balaban J connectivity index is 2.91. The molecular formula is C11H16F3N3O. The molecule has 7 heteroatoms. The molecule has 0 saturated carbocycles. The van der Waals surface area contributed by atoms with Crippen molar-refractivity contribution >= 4 is 5.82 Å². The van der Waals surface area contributed by atoms with Gasteiger partial charge in [0.05, 0.1) is 6.61 Å². The summed E-state index contributed by atoms with van der Waals surface area (Å²) in [5, 5.41) is 2.72. The minimum Gasteiger partial charge on any atom is -0.478 e. The molecule has 0 spiro atoms. The van der Waals surface area contributed by atoms with Crippen molar-refractivity contribution in [1.29, 1.82) is 0 Å². The zero-order valence-corrected chi connectivity index (χ0v) is 10.3. The minimum atomic E-state index is -4.58. The molecule has 1 heterocycles. The van der Waals surface area contributed by atoms with Crippen LogP contribution in [0.4, 0.5) is 19.0 Å². The lowest BCUT2D eigenvalue weighted by Gasteiger charge is -2.11. The minimum absolute atomic E-state index is 0.0540. The van der Waals surface area contributed by atoms with Crippen molar-refractivity contribution in [2.45, 2.75) is 32.9 Å².